The molecule has 0 aliphatic rings. The monoisotopic (exact) mass is 230 g/mol. The minimum Gasteiger partial charge on any atom is -0.480 e. The zero-order valence-electron chi connectivity index (χ0n) is 9.98. The van der Waals surface area contributed by atoms with Crippen LogP contribution in [0.3, 0.4) is 0 Å². The summed E-state index contributed by atoms with van der Waals surface area (Å²) in [7, 11) is 0. The van der Waals surface area contributed by atoms with Crippen LogP contribution in [0.25, 0.3) is 0 Å². The van der Waals surface area contributed by atoms with Crippen molar-refractivity contribution in [1.29, 1.82) is 0 Å². The molecule has 0 saturated heterocycles. The quantitative estimate of drug-likeness (QED) is 0.571. The molecule has 0 aliphatic carbocycles. The number of carbonyl (C=O) groups excluding carboxylic acids is 1. The van der Waals surface area contributed by atoms with Gasteiger partial charge in [-0.25, -0.2) is 0 Å². The van der Waals surface area contributed by atoms with Crippen LogP contribution in [0.1, 0.15) is 39.5 Å². The average molecular weight is 230 g/mol. The van der Waals surface area contributed by atoms with Gasteiger partial charge in [0, 0.05) is 5.92 Å². The summed E-state index contributed by atoms with van der Waals surface area (Å²) in [6, 6.07) is -1.01. The molecule has 0 bridgehead atoms. The van der Waals surface area contributed by atoms with Gasteiger partial charge in [-0.05, 0) is 18.8 Å². The predicted molar refractivity (Wildman–Crippen MR) is 61.6 cm³/mol. The molecule has 5 nitrogen and oxygen atoms in total. The molecule has 0 aliphatic heterocycles. The third kappa shape index (κ3) is 4.18. The van der Waals surface area contributed by atoms with Crippen molar-refractivity contribution in [2.24, 2.45) is 23.3 Å². The highest BCUT2D eigenvalue weighted by Crippen LogP contribution is 2.25. The topological polar surface area (TPSA) is 106 Å². The molecule has 0 saturated carbocycles. The summed E-state index contributed by atoms with van der Waals surface area (Å²) < 4.78 is 0. The lowest BCUT2D eigenvalue weighted by Gasteiger charge is -2.27. The fraction of sp³-hybridized carbons (Fsp3) is 0.818. The van der Waals surface area contributed by atoms with Crippen LogP contribution in [0.5, 0.6) is 0 Å². The summed E-state index contributed by atoms with van der Waals surface area (Å²) in [5.41, 5.74) is 10.9. The number of primary amides is 1. The second-order valence-corrected chi connectivity index (χ2v) is 4.11. The predicted octanol–water partition coefficient (Wildman–Crippen LogP) is 0.716. The Labute approximate surface area is 96.2 Å². The van der Waals surface area contributed by atoms with E-state index in [2.05, 4.69) is 0 Å². The molecule has 3 atom stereocenters. The van der Waals surface area contributed by atoms with E-state index in [-0.39, 0.29) is 5.92 Å². The molecule has 16 heavy (non-hydrogen) atoms. The lowest BCUT2D eigenvalue weighted by molar-refractivity contribution is -0.141. The fourth-order valence-electron chi connectivity index (χ4n) is 2.03. The fourth-order valence-corrected chi connectivity index (χ4v) is 2.03. The molecule has 5 N–H and O–H groups in total. The molecule has 0 aromatic carbocycles. The number of aliphatic carboxylic acids is 1. The van der Waals surface area contributed by atoms with E-state index in [0.717, 1.165) is 12.8 Å². The third-order valence-electron chi connectivity index (χ3n) is 2.85. The minimum absolute atomic E-state index is 0.361. The summed E-state index contributed by atoms with van der Waals surface area (Å²) in [6.07, 6.45) is 2.79. The molecule has 0 heterocycles. The summed E-state index contributed by atoms with van der Waals surface area (Å²) >= 11 is 0. The Balaban J connectivity index is 4.82. The first kappa shape index (κ1) is 14.9. The lowest BCUT2D eigenvalue weighted by Crippen LogP contribution is -2.45. The molecule has 0 spiro atoms. The van der Waals surface area contributed by atoms with E-state index < -0.39 is 23.8 Å². The van der Waals surface area contributed by atoms with Gasteiger partial charge >= 0.3 is 5.97 Å². The molecule has 0 aromatic heterocycles. The third-order valence-corrected chi connectivity index (χ3v) is 2.85. The van der Waals surface area contributed by atoms with E-state index in [1.54, 1.807) is 0 Å². The summed E-state index contributed by atoms with van der Waals surface area (Å²) in [5.74, 6) is -2.31. The van der Waals surface area contributed by atoms with E-state index in [9.17, 15) is 9.59 Å². The van der Waals surface area contributed by atoms with Crippen molar-refractivity contribution in [1.82, 2.24) is 0 Å². The van der Waals surface area contributed by atoms with Gasteiger partial charge in [-0.2, -0.15) is 0 Å². The van der Waals surface area contributed by atoms with Gasteiger partial charge in [0.15, 0.2) is 0 Å². The molecule has 94 valence electrons. The van der Waals surface area contributed by atoms with Gasteiger partial charge in [0.25, 0.3) is 0 Å². The number of rotatable bonds is 8. The summed E-state index contributed by atoms with van der Waals surface area (Å²) in [6.45, 7) is 3.87. The maximum absolute atomic E-state index is 11.3. The molecular weight excluding hydrogens is 208 g/mol. The standard InChI is InChI=1S/C11H22N2O3/c1-3-5-7(9(12)11(15)16)8(6-4-2)10(13)14/h7-9H,3-6,12H2,1-2H3,(H2,13,14)(H,15,16)/t7?,8?,9-/m0/s1. The number of nitrogens with two attached hydrogens (primary N) is 2. The van der Waals surface area contributed by atoms with Gasteiger partial charge in [-0.15, -0.1) is 0 Å². The molecular formula is C11H22N2O3. The van der Waals surface area contributed by atoms with E-state index in [4.69, 9.17) is 16.6 Å². The van der Waals surface area contributed by atoms with E-state index in [0.29, 0.717) is 12.8 Å². The number of amides is 1. The van der Waals surface area contributed by atoms with Crippen LogP contribution in [0.15, 0.2) is 0 Å². The molecule has 0 radical (unpaired) electrons. The van der Waals surface area contributed by atoms with Crippen molar-refractivity contribution in [3.63, 3.8) is 0 Å². The maximum Gasteiger partial charge on any atom is 0.320 e. The van der Waals surface area contributed by atoms with Gasteiger partial charge < -0.3 is 16.6 Å². The normalized spacial score (nSPS) is 16.4. The number of hydrogen-bond acceptors (Lipinski definition) is 3. The highest BCUT2D eigenvalue weighted by Gasteiger charge is 2.33. The maximum atomic E-state index is 11.3. The van der Waals surface area contributed by atoms with Crippen molar-refractivity contribution in [3.8, 4) is 0 Å². The highest BCUT2D eigenvalue weighted by atomic mass is 16.4. The van der Waals surface area contributed by atoms with Gasteiger partial charge in [0.2, 0.25) is 5.91 Å². The zero-order valence-corrected chi connectivity index (χ0v) is 9.98. The smallest absolute Gasteiger partial charge is 0.320 e. The number of carbonyl (C=O) groups is 2. The molecule has 0 rings (SSSR count). The van der Waals surface area contributed by atoms with Gasteiger partial charge in [0.05, 0.1) is 0 Å². The van der Waals surface area contributed by atoms with E-state index in [1.165, 1.54) is 0 Å². The van der Waals surface area contributed by atoms with Crippen LogP contribution >= 0.6 is 0 Å². The van der Waals surface area contributed by atoms with E-state index in [1.807, 2.05) is 13.8 Å². The second-order valence-electron chi connectivity index (χ2n) is 4.11. The first-order valence-electron chi connectivity index (χ1n) is 5.73. The summed E-state index contributed by atoms with van der Waals surface area (Å²) in [4.78, 5) is 22.2. The highest BCUT2D eigenvalue weighted by molar-refractivity contribution is 5.79. The Morgan fingerprint density at radius 2 is 1.69 bits per heavy atom. The van der Waals surface area contributed by atoms with Crippen molar-refractivity contribution >= 4 is 11.9 Å². The van der Waals surface area contributed by atoms with Gasteiger partial charge in [-0.3, -0.25) is 9.59 Å². The van der Waals surface area contributed by atoms with Crippen LogP contribution in [0, 0.1) is 11.8 Å². The molecule has 0 fully saturated rings. The van der Waals surface area contributed by atoms with Crippen molar-refractivity contribution in [2.75, 3.05) is 0 Å². The first-order chi connectivity index (χ1) is 7.45. The zero-order chi connectivity index (χ0) is 12.7. The SMILES string of the molecule is CCCC(C(N)=O)C(CCC)[C@H](N)C(=O)O. The Hall–Kier alpha value is -1.10. The van der Waals surface area contributed by atoms with Crippen LogP contribution in [-0.4, -0.2) is 23.0 Å². The van der Waals surface area contributed by atoms with Crippen LogP contribution in [0.2, 0.25) is 0 Å². The van der Waals surface area contributed by atoms with Crippen molar-refractivity contribution in [2.45, 2.75) is 45.6 Å². The Kier molecular flexibility index (Phi) is 6.72. The van der Waals surface area contributed by atoms with Crippen LogP contribution in [0.4, 0.5) is 0 Å². The average Bonchev–Trinajstić information content (AvgIpc) is 2.21. The second kappa shape index (κ2) is 7.22. The Bertz CT molecular complexity index is 243. The van der Waals surface area contributed by atoms with Gasteiger partial charge in [0.1, 0.15) is 6.04 Å². The summed E-state index contributed by atoms with van der Waals surface area (Å²) in [5, 5.41) is 8.90. The largest absolute Gasteiger partial charge is 0.480 e. The van der Waals surface area contributed by atoms with Crippen LogP contribution < -0.4 is 11.5 Å². The molecule has 5 heteroatoms. The van der Waals surface area contributed by atoms with Crippen molar-refractivity contribution in [3.05, 3.63) is 0 Å². The first-order valence-corrected chi connectivity index (χ1v) is 5.73. The minimum atomic E-state index is -1.07. The van der Waals surface area contributed by atoms with Crippen LogP contribution in [-0.2, 0) is 9.59 Å². The van der Waals surface area contributed by atoms with E-state index >= 15 is 0 Å². The number of hydrogen-bond donors (Lipinski definition) is 3. The Morgan fingerprint density at radius 3 is 2.00 bits per heavy atom. The Morgan fingerprint density at radius 1 is 1.19 bits per heavy atom. The van der Waals surface area contributed by atoms with Gasteiger partial charge in [-0.1, -0.05) is 26.7 Å². The molecule has 2 unspecified atom stereocenters. The molecule has 0 aromatic rings. The van der Waals surface area contributed by atoms with Crippen molar-refractivity contribution < 1.29 is 14.7 Å². The molecule has 1 amide bonds. The number of carboxylic acid groups (broad SMARTS) is 1. The lowest BCUT2D eigenvalue weighted by atomic mass is 9.80. The number of carboxylic acids is 1.